The van der Waals surface area contributed by atoms with Crippen molar-refractivity contribution in [2.45, 2.75) is 12.5 Å². The molecule has 12 heavy (non-hydrogen) atoms. The summed E-state index contributed by atoms with van der Waals surface area (Å²) in [5.74, 6) is 0.224. The van der Waals surface area contributed by atoms with Crippen LogP contribution < -0.4 is 5.73 Å². The molecule has 2 nitrogen and oxygen atoms in total. The fourth-order valence-electron chi connectivity index (χ4n) is 1.87. The number of benzene rings is 1. The van der Waals surface area contributed by atoms with E-state index in [1.54, 1.807) is 0 Å². The van der Waals surface area contributed by atoms with Gasteiger partial charge in [0.25, 0.3) is 0 Å². The molecule has 2 atom stereocenters. The van der Waals surface area contributed by atoms with Gasteiger partial charge in [0.05, 0.1) is 6.10 Å². The summed E-state index contributed by atoms with van der Waals surface area (Å²) in [7, 11) is 0. The van der Waals surface area contributed by atoms with E-state index in [1.807, 2.05) is 18.2 Å². The fraction of sp³-hybridized carbons (Fsp3) is 0.400. The summed E-state index contributed by atoms with van der Waals surface area (Å²) in [6.07, 6.45) is 0.583. The Hall–Kier alpha value is -0.860. The van der Waals surface area contributed by atoms with Crippen LogP contribution in [0.1, 0.15) is 17.2 Å². The van der Waals surface area contributed by atoms with Crippen molar-refractivity contribution in [2.24, 2.45) is 11.7 Å². The van der Waals surface area contributed by atoms with Gasteiger partial charge in [-0.1, -0.05) is 24.3 Å². The highest BCUT2D eigenvalue weighted by Gasteiger charge is 2.28. The lowest BCUT2D eigenvalue weighted by Crippen LogP contribution is -2.18. The third kappa shape index (κ3) is 1.04. The number of hydrogen-bond donors (Lipinski definition) is 2. The second-order valence-electron chi connectivity index (χ2n) is 3.34. The summed E-state index contributed by atoms with van der Waals surface area (Å²) in [4.78, 5) is 0. The van der Waals surface area contributed by atoms with Gasteiger partial charge in [-0.2, -0.15) is 0 Å². The molecule has 2 unspecified atom stereocenters. The minimum absolute atomic E-state index is 0.224. The van der Waals surface area contributed by atoms with Crippen LogP contribution in [-0.4, -0.2) is 11.7 Å². The van der Waals surface area contributed by atoms with E-state index in [0.29, 0.717) is 6.54 Å². The molecule has 0 spiro atoms. The maximum Gasteiger partial charge on any atom is 0.0836 e. The maximum atomic E-state index is 9.76. The van der Waals surface area contributed by atoms with Crippen LogP contribution >= 0.6 is 0 Å². The number of fused-ring (bicyclic) bond motifs is 1. The lowest BCUT2D eigenvalue weighted by Gasteiger charge is -2.11. The molecule has 0 amide bonds. The normalized spacial score (nSPS) is 27.2. The van der Waals surface area contributed by atoms with Crippen LogP contribution in [0, 0.1) is 5.92 Å². The highest BCUT2D eigenvalue weighted by Crippen LogP contribution is 2.34. The van der Waals surface area contributed by atoms with E-state index >= 15 is 0 Å². The topological polar surface area (TPSA) is 46.2 Å². The molecule has 1 aromatic carbocycles. The highest BCUT2D eigenvalue weighted by molar-refractivity contribution is 5.34. The molecule has 0 aromatic heterocycles. The largest absolute Gasteiger partial charge is 0.388 e. The zero-order valence-electron chi connectivity index (χ0n) is 6.90. The Morgan fingerprint density at radius 3 is 2.83 bits per heavy atom. The Balaban J connectivity index is 2.35. The van der Waals surface area contributed by atoms with Crippen LogP contribution in [-0.2, 0) is 6.42 Å². The van der Waals surface area contributed by atoms with Gasteiger partial charge in [-0.3, -0.25) is 0 Å². The molecule has 64 valence electrons. The SMILES string of the molecule is NCC1Cc2ccccc2C1O. The summed E-state index contributed by atoms with van der Waals surface area (Å²) in [6, 6.07) is 8.01. The highest BCUT2D eigenvalue weighted by atomic mass is 16.3. The molecular weight excluding hydrogens is 150 g/mol. The zero-order valence-corrected chi connectivity index (χ0v) is 6.90. The standard InChI is InChI=1S/C10H13NO/c11-6-8-5-7-3-1-2-4-9(7)10(8)12/h1-4,8,10,12H,5-6,11H2. The van der Waals surface area contributed by atoms with Gasteiger partial charge in [0, 0.05) is 5.92 Å². The van der Waals surface area contributed by atoms with Gasteiger partial charge >= 0.3 is 0 Å². The second kappa shape index (κ2) is 2.88. The lowest BCUT2D eigenvalue weighted by molar-refractivity contribution is 0.127. The minimum Gasteiger partial charge on any atom is -0.388 e. The summed E-state index contributed by atoms with van der Waals surface area (Å²) < 4.78 is 0. The molecule has 3 N–H and O–H groups in total. The van der Waals surface area contributed by atoms with Crippen LogP contribution in [0.5, 0.6) is 0 Å². The summed E-state index contributed by atoms with van der Waals surface area (Å²) in [5.41, 5.74) is 7.86. The van der Waals surface area contributed by atoms with E-state index in [1.165, 1.54) is 5.56 Å². The van der Waals surface area contributed by atoms with Gasteiger partial charge in [0.15, 0.2) is 0 Å². The first kappa shape index (κ1) is 7.77. The number of aliphatic hydroxyl groups excluding tert-OH is 1. The molecule has 0 saturated heterocycles. The first-order valence-corrected chi connectivity index (χ1v) is 4.29. The Labute approximate surface area is 72.0 Å². The van der Waals surface area contributed by atoms with Crippen molar-refractivity contribution in [3.05, 3.63) is 35.4 Å². The number of rotatable bonds is 1. The monoisotopic (exact) mass is 163 g/mol. The Morgan fingerprint density at radius 1 is 1.42 bits per heavy atom. The van der Waals surface area contributed by atoms with Crippen molar-refractivity contribution in [2.75, 3.05) is 6.54 Å². The Kier molecular flexibility index (Phi) is 1.87. The quantitative estimate of drug-likeness (QED) is 0.644. The van der Waals surface area contributed by atoms with Gasteiger partial charge in [-0.05, 0) is 24.1 Å². The Bertz CT molecular complexity index is 285. The van der Waals surface area contributed by atoms with E-state index in [9.17, 15) is 5.11 Å². The zero-order chi connectivity index (χ0) is 8.55. The van der Waals surface area contributed by atoms with Crippen LogP contribution in [0.3, 0.4) is 0 Å². The van der Waals surface area contributed by atoms with E-state index in [2.05, 4.69) is 6.07 Å². The van der Waals surface area contributed by atoms with E-state index in [-0.39, 0.29) is 12.0 Å². The molecule has 0 aliphatic heterocycles. The number of aliphatic hydroxyl groups is 1. The summed E-state index contributed by atoms with van der Waals surface area (Å²) >= 11 is 0. The molecule has 0 fully saturated rings. The summed E-state index contributed by atoms with van der Waals surface area (Å²) in [6.45, 7) is 0.565. The minimum atomic E-state index is -0.341. The van der Waals surface area contributed by atoms with E-state index in [4.69, 9.17) is 5.73 Å². The van der Waals surface area contributed by atoms with Crippen molar-refractivity contribution in [1.82, 2.24) is 0 Å². The summed E-state index contributed by atoms with van der Waals surface area (Å²) in [5, 5.41) is 9.76. The first-order valence-electron chi connectivity index (χ1n) is 4.29. The average molecular weight is 163 g/mol. The Morgan fingerprint density at radius 2 is 2.17 bits per heavy atom. The van der Waals surface area contributed by atoms with Crippen LogP contribution in [0.4, 0.5) is 0 Å². The molecular formula is C10H13NO. The number of nitrogens with two attached hydrogens (primary N) is 1. The van der Waals surface area contributed by atoms with Gasteiger partial charge in [0.2, 0.25) is 0 Å². The lowest BCUT2D eigenvalue weighted by atomic mass is 10.0. The first-order chi connectivity index (χ1) is 5.83. The van der Waals surface area contributed by atoms with E-state index in [0.717, 1.165) is 12.0 Å². The average Bonchev–Trinajstić information content (AvgIpc) is 2.44. The van der Waals surface area contributed by atoms with Crippen LogP contribution in [0.15, 0.2) is 24.3 Å². The van der Waals surface area contributed by atoms with Crippen molar-refractivity contribution in [1.29, 1.82) is 0 Å². The molecule has 1 aromatic rings. The molecule has 0 bridgehead atoms. The molecule has 2 rings (SSSR count). The maximum absolute atomic E-state index is 9.76. The molecule has 0 radical (unpaired) electrons. The number of hydrogen-bond acceptors (Lipinski definition) is 2. The third-order valence-corrected chi connectivity index (χ3v) is 2.61. The predicted molar refractivity (Wildman–Crippen MR) is 47.7 cm³/mol. The van der Waals surface area contributed by atoms with Crippen molar-refractivity contribution in [3.8, 4) is 0 Å². The van der Waals surface area contributed by atoms with Gasteiger partial charge in [-0.15, -0.1) is 0 Å². The van der Waals surface area contributed by atoms with Crippen molar-refractivity contribution in [3.63, 3.8) is 0 Å². The van der Waals surface area contributed by atoms with Gasteiger partial charge in [0.1, 0.15) is 0 Å². The molecule has 2 heteroatoms. The van der Waals surface area contributed by atoms with Gasteiger partial charge < -0.3 is 10.8 Å². The third-order valence-electron chi connectivity index (χ3n) is 2.61. The van der Waals surface area contributed by atoms with Gasteiger partial charge in [-0.25, -0.2) is 0 Å². The van der Waals surface area contributed by atoms with E-state index < -0.39 is 0 Å². The predicted octanol–water partition coefficient (Wildman–Crippen LogP) is 0.851. The molecule has 1 aliphatic rings. The van der Waals surface area contributed by atoms with Crippen molar-refractivity contribution >= 4 is 0 Å². The molecule has 0 heterocycles. The fourth-order valence-corrected chi connectivity index (χ4v) is 1.87. The van der Waals surface area contributed by atoms with Crippen LogP contribution in [0.25, 0.3) is 0 Å². The van der Waals surface area contributed by atoms with Crippen molar-refractivity contribution < 1.29 is 5.11 Å². The molecule has 1 aliphatic carbocycles. The smallest absolute Gasteiger partial charge is 0.0836 e. The molecule has 0 saturated carbocycles. The second-order valence-corrected chi connectivity index (χ2v) is 3.34. The van der Waals surface area contributed by atoms with Crippen LogP contribution in [0.2, 0.25) is 0 Å².